The van der Waals surface area contributed by atoms with E-state index in [-0.39, 0.29) is 19.1 Å². The molecule has 0 aliphatic carbocycles. The van der Waals surface area contributed by atoms with Gasteiger partial charge in [0.2, 0.25) is 5.95 Å². The highest BCUT2D eigenvalue weighted by atomic mass is 19.4. The van der Waals surface area contributed by atoms with Crippen molar-refractivity contribution < 1.29 is 18.3 Å². The SMILES string of the molecule is CN1CCN(c2nccc(CCC(F)(F)F)n2)C[C@H]1CCO. The molecule has 0 bridgehead atoms. The molecule has 2 heterocycles. The van der Waals surface area contributed by atoms with Gasteiger partial charge in [0, 0.05) is 50.6 Å². The summed E-state index contributed by atoms with van der Waals surface area (Å²) < 4.78 is 36.9. The lowest BCUT2D eigenvalue weighted by molar-refractivity contribution is -0.134. The molecular formula is C14H21F3N4O. The van der Waals surface area contributed by atoms with E-state index >= 15 is 0 Å². The number of aliphatic hydroxyl groups is 1. The number of likely N-dealkylation sites (N-methyl/N-ethyl adjacent to an activating group) is 1. The van der Waals surface area contributed by atoms with Crippen molar-refractivity contribution >= 4 is 5.95 Å². The van der Waals surface area contributed by atoms with Crippen LogP contribution >= 0.6 is 0 Å². The lowest BCUT2D eigenvalue weighted by atomic mass is 10.1. The fourth-order valence-electron chi connectivity index (χ4n) is 2.53. The van der Waals surface area contributed by atoms with Crippen LogP contribution in [0.2, 0.25) is 0 Å². The number of aromatic nitrogens is 2. The molecule has 1 aromatic heterocycles. The van der Waals surface area contributed by atoms with E-state index in [1.165, 1.54) is 12.3 Å². The fourth-order valence-corrected chi connectivity index (χ4v) is 2.53. The minimum Gasteiger partial charge on any atom is -0.396 e. The number of aryl methyl sites for hydroxylation is 1. The van der Waals surface area contributed by atoms with Crippen molar-refractivity contribution in [2.45, 2.75) is 31.5 Å². The molecule has 0 saturated carbocycles. The normalized spacial score (nSPS) is 20.4. The molecule has 0 radical (unpaired) electrons. The summed E-state index contributed by atoms with van der Waals surface area (Å²) in [5, 5.41) is 9.10. The summed E-state index contributed by atoms with van der Waals surface area (Å²) in [6.07, 6.45) is -3.02. The Morgan fingerprint density at radius 1 is 1.36 bits per heavy atom. The molecule has 2 rings (SSSR count). The third-order valence-electron chi connectivity index (χ3n) is 3.89. The van der Waals surface area contributed by atoms with E-state index in [0.29, 0.717) is 24.6 Å². The van der Waals surface area contributed by atoms with E-state index in [1.54, 1.807) is 0 Å². The quantitative estimate of drug-likeness (QED) is 0.891. The molecular weight excluding hydrogens is 297 g/mol. The number of aliphatic hydroxyl groups excluding tert-OH is 1. The number of piperazine rings is 1. The predicted octanol–water partition coefficient (Wildman–Crippen LogP) is 1.47. The minimum atomic E-state index is -4.18. The topological polar surface area (TPSA) is 52.5 Å². The second-order valence-electron chi connectivity index (χ2n) is 5.56. The Bertz CT molecular complexity index is 483. The van der Waals surface area contributed by atoms with Crippen molar-refractivity contribution in [1.82, 2.24) is 14.9 Å². The monoisotopic (exact) mass is 318 g/mol. The molecule has 0 unspecified atom stereocenters. The fraction of sp³-hybridized carbons (Fsp3) is 0.714. The summed E-state index contributed by atoms with van der Waals surface area (Å²) in [7, 11) is 2.00. The standard InChI is InChI=1S/C14H21F3N4O/c1-20-7-8-21(10-12(20)4-9-22)13-18-6-3-11(19-13)2-5-14(15,16)17/h3,6,12,22H,2,4-5,7-10H2,1H3/t12-/m1/s1. The van der Waals surface area contributed by atoms with Crippen LogP contribution in [0, 0.1) is 0 Å². The van der Waals surface area contributed by atoms with Crippen molar-refractivity contribution in [3.63, 3.8) is 0 Å². The average molecular weight is 318 g/mol. The van der Waals surface area contributed by atoms with Gasteiger partial charge in [0.05, 0.1) is 0 Å². The molecule has 0 aromatic carbocycles. The first-order chi connectivity index (χ1) is 10.4. The van der Waals surface area contributed by atoms with Gasteiger partial charge in [0.1, 0.15) is 0 Å². The van der Waals surface area contributed by atoms with Crippen LogP contribution in [-0.2, 0) is 6.42 Å². The molecule has 0 spiro atoms. The average Bonchev–Trinajstić information content (AvgIpc) is 2.47. The highest BCUT2D eigenvalue weighted by Crippen LogP contribution is 2.22. The van der Waals surface area contributed by atoms with Gasteiger partial charge in [0.25, 0.3) is 0 Å². The zero-order chi connectivity index (χ0) is 16.2. The van der Waals surface area contributed by atoms with Gasteiger partial charge >= 0.3 is 6.18 Å². The third-order valence-corrected chi connectivity index (χ3v) is 3.89. The first-order valence-corrected chi connectivity index (χ1v) is 7.34. The summed E-state index contributed by atoms with van der Waals surface area (Å²) in [5.74, 6) is 0.468. The second-order valence-corrected chi connectivity index (χ2v) is 5.56. The summed E-state index contributed by atoms with van der Waals surface area (Å²) in [6.45, 7) is 2.30. The number of rotatable bonds is 5. The van der Waals surface area contributed by atoms with Gasteiger partial charge in [-0.3, -0.25) is 4.90 Å². The minimum absolute atomic E-state index is 0.106. The highest BCUT2D eigenvalue weighted by Gasteiger charge is 2.28. The van der Waals surface area contributed by atoms with E-state index in [4.69, 9.17) is 5.11 Å². The Hall–Kier alpha value is -1.41. The maximum atomic E-state index is 12.3. The zero-order valence-corrected chi connectivity index (χ0v) is 12.6. The zero-order valence-electron chi connectivity index (χ0n) is 12.6. The molecule has 8 heteroatoms. The largest absolute Gasteiger partial charge is 0.396 e. The van der Waals surface area contributed by atoms with Crippen LogP contribution in [0.3, 0.4) is 0 Å². The molecule has 22 heavy (non-hydrogen) atoms. The molecule has 1 aliphatic heterocycles. The van der Waals surface area contributed by atoms with Gasteiger partial charge in [-0.25, -0.2) is 9.97 Å². The van der Waals surface area contributed by atoms with E-state index < -0.39 is 12.6 Å². The predicted molar refractivity (Wildman–Crippen MR) is 76.7 cm³/mol. The van der Waals surface area contributed by atoms with Crippen LogP contribution in [0.5, 0.6) is 0 Å². The van der Waals surface area contributed by atoms with Crippen molar-refractivity contribution in [1.29, 1.82) is 0 Å². The Morgan fingerprint density at radius 3 is 2.82 bits per heavy atom. The van der Waals surface area contributed by atoms with Crippen LogP contribution in [0.15, 0.2) is 12.3 Å². The number of hydrogen-bond acceptors (Lipinski definition) is 5. The van der Waals surface area contributed by atoms with Crippen LogP contribution in [0.25, 0.3) is 0 Å². The third kappa shape index (κ3) is 4.81. The lowest BCUT2D eigenvalue weighted by Crippen LogP contribution is -2.52. The number of nitrogens with zero attached hydrogens (tertiary/aromatic N) is 4. The molecule has 1 N–H and O–H groups in total. The van der Waals surface area contributed by atoms with Crippen molar-refractivity contribution in [3.05, 3.63) is 18.0 Å². The molecule has 1 aliphatic rings. The van der Waals surface area contributed by atoms with Gasteiger partial charge in [-0.2, -0.15) is 13.2 Å². The van der Waals surface area contributed by atoms with Crippen LogP contribution in [0.4, 0.5) is 19.1 Å². The van der Waals surface area contributed by atoms with Crippen LogP contribution < -0.4 is 4.90 Å². The highest BCUT2D eigenvalue weighted by molar-refractivity contribution is 5.31. The van der Waals surface area contributed by atoms with Crippen LogP contribution in [-0.4, -0.2) is 65.5 Å². The Morgan fingerprint density at radius 2 is 2.14 bits per heavy atom. The Labute approximate surface area is 127 Å². The van der Waals surface area contributed by atoms with Gasteiger partial charge in [-0.15, -0.1) is 0 Å². The van der Waals surface area contributed by atoms with Crippen molar-refractivity contribution in [2.75, 3.05) is 38.2 Å². The Balaban J connectivity index is 2.02. The maximum absolute atomic E-state index is 12.3. The maximum Gasteiger partial charge on any atom is 0.389 e. The molecule has 124 valence electrons. The summed E-state index contributed by atoms with van der Waals surface area (Å²) in [4.78, 5) is 12.6. The summed E-state index contributed by atoms with van der Waals surface area (Å²) in [6, 6.07) is 1.72. The molecule has 1 fully saturated rings. The van der Waals surface area contributed by atoms with Gasteiger partial charge in [-0.1, -0.05) is 0 Å². The molecule has 1 aromatic rings. The number of hydrogen-bond donors (Lipinski definition) is 1. The van der Waals surface area contributed by atoms with Crippen LogP contribution in [0.1, 0.15) is 18.5 Å². The first kappa shape index (κ1) is 17.0. The van der Waals surface area contributed by atoms with E-state index in [9.17, 15) is 13.2 Å². The molecule has 0 amide bonds. The Kier molecular flexibility index (Phi) is 5.57. The summed E-state index contributed by atoms with van der Waals surface area (Å²) >= 11 is 0. The lowest BCUT2D eigenvalue weighted by Gasteiger charge is -2.39. The number of alkyl halides is 3. The van der Waals surface area contributed by atoms with E-state index in [2.05, 4.69) is 14.9 Å². The smallest absolute Gasteiger partial charge is 0.389 e. The van der Waals surface area contributed by atoms with Crippen molar-refractivity contribution in [2.24, 2.45) is 0 Å². The first-order valence-electron chi connectivity index (χ1n) is 7.34. The molecule has 1 saturated heterocycles. The number of anilines is 1. The van der Waals surface area contributed by atoms with Gasteiger partial charge in [0.15, 0.2) is 0 Å². The summed E-state index contributed by atoms with van der Waals surface area (Å²) in [5.41, 5.74) is 0.403. The van der Waals surface area contributed by atoms with E-state index in [0.717, 1.165) is 13.1 Å². The van der Waals surface area contributed by atoms with Crippen molar-refractivity contribution in [3.8, 4) is 0 Å². The van der Waals surface area contributed by atoms with E-state index in [1.807, 2.05) is 11.9 Å². The number of halogens is 3. The molecule has 5 nitrogen and oxygen atoms in total. The second kappa shape index (κ2) is 7.23. The molecule has 1 atom stereocenters. The van der Waals surface area contributed by atoms with Gasteiger partial charge in [-0.05, 0) is 26.0 Å². The van der Waals surface area contributed by atoms with Gasteiger partial charge < -0.3 is 10.0 Å².